The van der Waals surface area contributed by atoms with Crippen LogP contribution in [0.1, 0.15) is 15.9 Å². The van der Waals surface area contributed by atoms with Crippen LogP contribution in [0.2, 0.25) is 0 Å². The molecule has 0 radical (unpaired) electrons. The summed E-state index contributed by atoms with van der Waals surface area (Å²) in [4.78, 5) is 21.8. The number of nitrogens with two attached hydrogens (primary N) is 1. The highest BCUT2D eigenvalue weighted by atomic mass is 32.2. The molecule has 0 fully saturated rings. The summed E-state index contributed by atoms with van der Waals surface area (Å²) in [5.41, 5.74) is 6.29. The van der Waals surface area contributed by atoms with Crippen LogP contribution in [0.5, 0.6) is 0 Å². The van der Waals surface area contributed by atoms with Gasteiger partial charge in [-0.05, 0) is 18.2 Å². The van der Waals surface area contributed by atoms with Crippen molar-refractivity contribution in [1.29, 1.82) is 0 Å². The van der Waals surface area contributed by atoms with Gasteiger partial charge in [0.2, 0.25) is 11.8 Å². The minimum atomic E-state index is -0.716. The van der Waals surface area contributed by atoms with E-state index in [-0.39, 0.29) is 17.0 Å². The number of benzene rings is 2. The molecule has 1 amide bonds. The van der Waals surface area contributed by atoms with E-state index >= 15 is 0 Å². The number of primary amides is 1. The molecule has 0 saturated heterocycles. The van der Waals surface area contributed by atoms with Gasteiger partial charge >= 0.3 is 0 Å². The van der Waals surface area contributed by atoms with Crippen molar-refractivity contribution in [1.82, 2.24) is 10.2 Å². The van der Waals surface area contributed by atoms with Crippen molar-refractivity contribution in [2.75, 3.05) is 0 Å². The Bertz CT molecular complexity index is 927. The molecular weight excluding hydrogens is 344 g/mol. The monoisotopic (exact) mass is 356 g/mol. The maximum atomic E-state index is 11.2. The zero-order valence-electron chi connectivity index (χ0n) is 12.8. The lowest BCUT2D eigenvalue weighted by atomic mass is 10.1. The Balaban J connectivity index is 1.77. The number of carbonyl (C=O) groups excluding carboxylic acids is 1. The lowest BCUT2D eigenvalue weighted by Crippen LogP contribution is -2.11. The highest BCUT2D eigenvalue weighted by molar-refractivity contribution is 7.98. The highest BCUT2D eigenvalue weighted by Crippen LogP contribution is 2.29. The first-order chi connectivity index (χ1) is 12.0. The van der Waals surface area contributed by atoms with Crippen molar-refractivity contribution in [3.63, 3.8) is 0 Å². The Kier molecular flexibility index (Phi) is 4.75. The number of carbonyl (C=O) groups is 1. The fourth-order valence-corrected chi connectivity index (χ4v) is 2.87. The molecule has 1 heterocycles. The third-order valence-electron chi connectivity index (χ3n) is 3.34. The normalized spacial score (nSPS) is 10.6. The summed E-state index contributed by atoms with van der Waals surface area (Å²) in [6, 6.07) is 13.4. The molecular formula is C16H12N4O4S. The van der Waals surface area contributed by atoms with Gasteiger partial charge in [0.1, 0.15) is 0 Å². The van der Waals surface area contributed by atoms with Crippen LogP contribution >= 0.6 is 11.8 Å². The summed E-state index contributed by atoms with van der Waals surface area (Å²) in [5.74, 6) is -0.0976. The maximum absolute atomic E-state index is 11.2. The second-order valence-corrected chi connectivity index (χ2v) is 5.92. The van der Waals surface area contributed by atoms with E-state index in [0.29, 0.717) is 16.7 Å². The summed E-state index contributed by atoms with van der Waals surface area (Å²) in [6.07, 6.45) is 0. The molecule has 0 spiro atoms. The first-order valence-electron chi connectivity index (χ1n) is 7.13. The Morgan fingerprint density at radius 2 is 1.96 bits per heavy atom. The number of nitro groups is 1. The Labute approximate surface area is 146 Å². The molecule has 9 heteroatoms. The first kappa shape index (κ1) is 16.7. The van der Waals surface area contributed by atoms with Crippen LogP contribution in [-0.2, 0) is 5.75 Å². The van der Waals surface area contributed by atoms with E-state index in [9.17, 15) is 14.9 Å². The predicted octanol–water partition coefficient (Wildman–Crippen LogP) is 3.04. The van der Waals surface area contributed by atoms with Gasteiger partial charge in [-0.2, -0.15) is 0 Å². The fourth-order valence-electron chi connectivity index (χ4n) is 2.11. The number of nitrogens with zero attached hydrogens (tertiary/aromatic N) is 3. The van der Waals surface area contributed by atoms with E-state index in [0.717, 1.165) is 5.56 Å². The summed E-state index contributed by atoms with van der Waals surface area (Å²) < 4.78 is 5.55. The second-order valence-electron chi connectivity index (χ2n) is 4.99. The Morgan fingerprint density at radius 1 is 1.20 bits per heavy atom. The predicted molar refractivity (Wildman–Crippen MR) is 90.9 cm³/mol. The number of hydrogen-bond acceptors (Lipinski definition) is 7. The van der Waals surface area contributed by atoms with Crippen molar-refractivity contribution in [2.45, 2.75) is 11.0 Å². The lowest BCUT2D eigenvalue weighted by molar-refractivity contribution is -0.385. The van der Waals surface area contributed by atoms with Gasteiger partial charge in [0.05, 0.1) is 4.92 Å². The Morgan fingerprint density at radius 3 is 2.64 bits per heavy atom. The third-order valence-corrected chi connectivity index (χ3v) is 4.21. The third kappa shape index (κ3) is 3.83. The van der Waals surface area contributed by atoms with Crippen LogP contribution in [0.3, 0.4) is 0 Å². The molecule has 25 heavy (non-hydrogen) atoms. The van der Waals surface area contributed by atoms with E-state index < -0.39 is 10.8 Å². The topological polar surface area (TPSA) is 125 Å². The largest absolute Gasteiger partial charge is 0.411 e. The highest BCUT2D eigenvalue weighted by Gasteiger charge is 2.18. The van der Waals surface area contributed by atoms with Crippen molar-refractivity contribution >= 4 is 23.4 Å². The molecule has 0 unspecified atom stereocenters. The van der Waals surface area contributed by atoms with Crippen LogP contribution in [0, 0.1) is 10.1 Å². The maximum Gasteiger partial charge on any atom is 0.277 e. The molecule has 126 valence electrons. The van der Waals surface area contributed by atoms with E-state index in [1.165, 1.54) is 30.0 Å². The number of amides is 1. The first-order valence-corrected chi connectivity index (χ1v) is 8.12. The van der Waals surface area contributed by atoms with Crippen LogP contribution in [0.4, 0.5) is 5.69 Å². The molecule has 0 aliphatic carbocycles. The molecule has 1 aromatic heterocycles. The summed E-state index contributed by atoms with van der Waals surface area (Å²) in [5, 5.41) is 19.4. The quantitative estimate of drug-likeness (QED) is 0.409. The molecule has 3 rings (SSSR count). The van der Waals surface area contributed by atoms with Crippen molar-refractivity contribution in [3.05, 3.63) is 69.8 Å². The van der Waals surface area contributed by atoms with Gasteiger partial charge in [0.25, 0.3) is 10.9 Å². The number of thioether (sulfide) groups is 1. The van der Waals surface area contributed by atoms with Crippen LogP contribution in [-0.4, -0.2) is 21.0 Å². The molecule has 0 aliphatic rings. The van der Waals surface area contributed by atoms with Gasteiger partial charge in [-0.15, -0.1) is 10.2 Å². The van der Waals surface area contributed by atoms with Crippen molar-refractivity contribution < 1.29 is 14.1 Å². The zero-order chi connectivity index (χ0) is 17.8. The molecule has 3 aromatic rings. The minimum Gasteiger partial charge on any atom is -0.411 e. The van der Waals surface area contributed by atoms with E-state index in [1.807, 2.05) is 30.3 Å². The number of nitro benzene ring substituents is 1. The molecule has 8 nitrogen and oxygen atoms in total. The molecule has 0 atom stereocenters. The molecule has 0 aliphatic heterocycles. The number of rotatable bonds is 6. The minimum absolute atomic E-state index is 0.0876. The second kappa shape index (κ2) is 7.14. The van der Waals surface area contributed by atoms with Crippen LogP contribution in [0.15, 0.2) is 58.2 Å². The smallest absolute Gasteiger partial charge is 0.277 e. The average Bonchev–Trinajstić information content (AvgIpc) is 3.09. The van der Waals surface area contributed by atoms with Gasteiger partial charge in [-0.25, -0.2) is 0 Å². The van der Waals surface area contributed by atoms with Crippen molar-refractivity contribution in [2.24, 2.45) is 5.73 Å². The van der Waals surface area contributed by atoms with Gasteiger partial charge in [0.15, 0.2) is 0 Å². The van der Waals surface area contributed by atoms with Crippen LogP contribution in [0.25, 0.3) is 11.5 Å². The number of hydrogen-bond donors (Lipinski definition) is 1. The molecule has 0 bridgehead atoms. The molecule has 2 aromatic carbocycles. The lowest BCUT2D eigenvalue weighted by Gasteiger charge is -2.03. The van der Waals surface area contributed by atoms with Gasteiger partial charge in [-0.1, -0.05) is 36.0 Å². The summed E-state index contributed by atoms with van der Waals surface area (Å²) in [7, 11) is 0. The average molecular weight is 356 g/mol. The molecule has 0 saturated carbocycles. The van der Waals surface area contributed by atoms with Gasteiger partial charge in [-0.3, -0.25) is 14.9 Å². The summed E-state index contributed by atoms with van der Waals surface area (Å²) in [6.45, 7) is 0. The van der Waals surface area contributed by atoms with Gasteiger partial charge in [0, 0.05) is 28.5 Å². The van der Waals surface area contributed by atoms with E-state index in [1.54, 1.807) is 0 Å². The van der Waals surface area contributed by atoms with Gasteiger partial charge < -0.3 is 10.2 Å². The van der Waals surface area contributed by atoms with E-state index in [2.05, 4.69) is 10.2 Å². The number of aromatic nitrogens is 2. The Hall–Kier alpha value is -3.20. The van der Waals surface area contributed by atoms with Crippen LogP contribution < -0.4 is 5.73 Å². The standard InChI is InChI=1S/C16H12N4O4S/c17-14(21)11-6-7-12(13(8-11)20(22)23)9-25-16-19-18-15(24-16)10-4-2-1-3-5-10/h1-8H,9H2,(H2,17,21). The molecule has 2 N–H and O–H groups in total. The van der Waals surface area contributed by atoms with Crippen molar-refractivity contribution in [3.8, 4) is 11.5 Å². The zero-order valence-corrected chi connectivity index (χ0v) is 13.6. The summed E-state index contributed by atoms with van der Waals surface area (Å²) >= 11 is 1.17. The SMILES string of the molecule is NC(=O)c1ccc(CSc2nnc(-c3ccccc3)o2)c([N+](=O)[O-])c1. The van der Waals surface area contributed by atoms with E-state index in [4.69, 9.17) is 10.2 Å². The fraction of sp³-hybridized carbons (Fsp3) is 0.0625.